The van der Waals surface area contributed by atoms with Gasteiger partial charge in [-0.15, -0.1) is 5.73 Å². The number of nitrogens with one attached hydrogen (secondary N) is 1. The van der Waals surface area contributed by atoms with E-state index in [1.54, 1.807) is 0 Å². The summed E-state index contributed by atoms with van der Waals surface area (Å²) in [5.41, 5.74) is 5.38. The Balaban J connectivity index is 2.21. The van der Waals surface area contributed by atoms with E-state index in [0.29, 0.717) is 0 Å². The van der Waals surface area contributed by atoms with E-state index in [1.165, 1.54) is 5.56 Å². The zero-order valence-electron chi connectivity index (χ0n) is 8.87. The molecule has 2 heteroatoms. The van der Waals surface area contributed by atoms with Crippen LogP contribution in [0.25, 0.3) is 5.70 Å². The molecule has 2 nitrogen and oxygen atoms in total. The summed E-state index contributed by atoms with van der Waals surface area (Å²) >= 11 is 0. The minimum Gasteiger partial charge on any atom is -0.362 e. The van der Waals surface area contributed by atoms with Gasteiger partial charge in [0.25, 0.3) is 0 Å². The first kappa shape index (κ1) is 10.0. The first-order valence-corrected chi connectivity index (χ1v) is 5.33. The Morgan fingerprint density at radius 1 is 1.20 bits per heavy atom. The Morgan fingerprint density at radius 2 is 1.87 bits per heavy atom. The molecule has 1 aliphatic heterocycles. The van der Waals surface area contributed by atoms with E-state index in [-0.39, 0.29) is 0 Å². The highest BCUT2D eigenvalue weighted by atomic mass is 15.2. The molecule has 0 saturated carbocycles. The third kappa shape index (κ3) is 2.30. The lowest BCUT2D eigenvalue weighted by molar-refractivity contribution is 0.341. The van der Waals surface area contributed by atoms with Crippen LogP contribution in [0.1, 0.15) is 5.56 Å². The molecule has 1 heterocycles. The minimum atomic E-state index is 1.03. The first-order chi connectivity index (χ1) is 7.42. The second kappa shape index (κ2) is 4.83. The normalized spacial score (nSPS) is 15.9. The molecule has 1 fully saturated rings. The SMILES string of the molecule is C=C=C(c1ccccc1)N1CCNCC1. The third-order valence-corrected chi connectivity index (χ3v) is 2.65. The zero-order valence-corrected chi connectivity index (χ0v) is 8.87. The lowest BCUT2D eigenvalue weighted by atomic mass is 10.1. The van der Waals surface area contributed by atoms with Crippen LogP contribution in [-0.4, -0.2) is 31.1 Å². The Bertz CT molecular complexity index is 357. The van der Waals surface area contributed by atoms with E-state index >= 15 is 0 Å². The van der Waals surface area contributed by atoms with Crippen molar-refractivity contribution in [3.05, 3.63) is 48.2 Å². The molecule has 0 unspecified atom stereocenters. The Morgan fingerprint density at radius 3 is 2.47 bits per heavy atom. The van der Waals surface area contributed by atoms with E-state index in [2.05, 4.69) is 46.8 Å². The van der Waals surface area contributed by atoms with E-state index in [9.17, 15) is 0 Å². The highest BCUT2D eigenvalue weighted by Crippen LogP contribution is 2.17. The van der Waals surface area contributed by atoms with Crippen molar-refractivity contribution in [3.8, 4) is 0 Å². The van der Waals surface area contributed by atoms with Crippen LogP contribution < -0.4 is 5.32 Å². The third-order valence-electron chi connectivity index (χ3n) is 2.65. The fraction of sp³-hybridized carbons (Fsp3) is 0.308. The van der Waals surface area contributed by atoms with Gasteiger partial charge in [0, 0.05) is 31.7 Å². The molecule has 0 atom stereocenters. The molecule has 15 heavy (non-hydrogen) atoms. The maximum absolute atomic E-state index is 3.79. The Labute approximate surface area is 90.9 Å². The van der Waals surface area contributed by atoms with Crippen molar-refractivity contribution in [2.75, 3.05) is 26.2 Å². The molecule has 1 aromatic rings. The predicted molar refractivity (Wildman–Crippen MR) is 63.4 cm³/mol. The van der Waals surface area contributed by atoms with E-state index < -0.39 is 0 Å². The predicted octanol–water partition coefficient (Wildman–Crippen LogP) is 1.72. The van der Waals surface area contributed by atoms with Crippen LogP contribution in [0.2, 0.25) is 0 Å². The highest BCUT2D eigenvalue weighted by molar-refractivity contribution is 5.63. The number of hydrogen-bond acceptors (Lipinski definition) is 2. The number of benzene rings is 1. The molecule has 0 aromatic heterocycles. The van der Waals surface area contributed by atoms with Gasteiger partial charge >= 0.3 is 0 Å². The lowest BCUT2D eigenvalue weighted by Crippen LogP contribution is -2.42. The maximum atomic E-state index is 3.79. The van der Waals surface area contributed by atoms with Crippen molar-refractivity contribution >= 4 is 5.70 Å². The summed E-state index contributed by atoms with van der Waals surface area (Å²) in [7, 11) is 0. The Hall–Kier alpha value is -1.50. The van der Waals surface area contributed by atoms with E-state index in [4.69, 9.17) is 0 Å². The number of hydrogen-bond donors (Lipinski definition) is 1. The molecule has 1 aliphatic rings. The monoisotopic (exact) mass is 200 g/mol. The van der Waals surface area contributed by atoms with Crippen LogP contribution in [0.4, 0.5) is 0 Å². The summed E-state index contributed by atoms with van der Waals surface area (Å²) in [6, 6.07) is 10.3. The van der Waals surface area contributed by atoms with Crippen LogP contribution >= 0.6 is 0 Å². The summed E-state index contributed by atoms with van der Waals surface area (Å²) < 4.78 is 0. The number of piperazine rings is 1. The lowest BCUT2D eigenvalue weighted by Gasteiger charge is -2.30. The van der Waals surface area contributed by atoms with Gasteiger partial charge in [-0.1, -0.05) is 36.9 Å². The number of nitrogens with zero attached hydrogens (tertiary/aromatic N) is 1. The van der Waals surface area contributed by atoms with Crippen LogP contribution in [0.3, 0.4) is 0 Å². The Kier molecular flexibility index (Phi) is 3.23. The van der Waals surface area contributed by atoms with Crippen LogP contribution in [-0.2, 0) is 0 Å². The van der Waals surface area contributed by atoms with Gasteiger partial charge in [-0.05, 0) is 0 Å². The topological polar surface area (TPSA) is 15.3 Å². The van der Waals surface area contributed by atoms with Gasteiger partial charge in [-0.2, -0.15) is 0 Å². The average Bonchev–Trinajstić information content (AvgIpc) is 2.33. The molecular formula is C13H16N2. The summed E-state index contributed by atoms with van der Waals surface area (Å²) in [5, 5.41) is 3.34. The van der Waals surface area contributed by atoms with Gasteiger partial charge in [0.1, 0.15) is 0 Å². The summed E-state index contributed by atoms with van der Waals surface area (Å²) in [6.07, 6.45) is 0. The molecular weight excluding hydrogens is 184 g/mol. The van der Waals surface area contributed by atoms with Crippen LogP contribution in [0.5, 0.6) is 0 Å². The van der Waals surface area contributed by atoms with Gasteiger partial charge in [0.15, 0.2) is 0 Å². The van der Waals surface area contributed by atoms with Crippen molar-refractivity contribution in [1.82, 2.24) is 10.2 Å². The molecule has 1 N–H and O–H groups in total. The van der Waals surface area contributed by atoms with E-state index in [0.717, 1.165) is 31.9 Å². The first-order valence-electron chi connectivity index (χ1n) is 5.33. The molecule has 1 saturated heterocycles. The second-order valence-electron chi connectivity index (χ2n) is 3.63. The smallest absolute Gasteiger partial charge is 0.0868 e. The van der Waals surface area contributed by atoms with Crippen LogP contribution in [0.15, 0.2) is 42.6 Å². The number of rotatable bonds is 2. The maximum Gasteiger partial charge on any atom is 0.0868 e. The summed E-state index contributed by atoms with van der Waals surface area (Å²) in [5.74, 6) is 0. The zero-order chi connectivity index (χ0) is 10.5. The van der Waals surface area contributed by atoms with Crippen molar-refractivity contribution < 1.29 is 0 Å². The molecule has 0 bridgehead atoms. The van der Waals surface area contributed by atoms with Crippen molar-refractivity contribution in [3.63, 3.8) is 0 Å². The largest absolute Gasteiger partial charge is 0.362 e. The van der Waals surface area contributed by atoms with E-state index in [1.807, 2.05) is 6.07 Å². The summed E-state index contributed by atoms with van der Waals surface area (Å²) in [6.45, 7) is 7.94. The molecule has 0 spiro atoms. The van der Waals surface area contributed by atoms with Gasteiger partial charge in [0.05, 0.1) is 5.70 Å². The molecule has 0 aliphatic carbocycles. The minimum absolute atomic E-state index is 1.03. The van der Waals surface area contributed by atoms with Gasteiger partial charge in [-0.25, -0.2) is 0 Å². The fourth-order valence-electron chi connectivity index (χ4n) is 1.88. The quantitative estimate of drug-likeness (QED) is 0.731. The van der Waals surface area contributed by atoms with Gasteiger partial charge in [0.2, 0.25) is 0 Å². The molecule has 0 amide bonds. The molecule has 2 rings (SSSR count). The van der Waals surface area contributed by atoms with Crippen molar-refractivity contribution in [1.29, 1.82) is 0 Å². The second-order valence-corrected chi connectivity index (χ2v) is 3.63. The molecule has 1 aromatic carbocycles. The summed E-state index contributed by atoms with van der Waals surface area (Å²) in [4.78, 5) is 2.33. The van der Waals surface area contributed by atoms with Crippen molar-refractivity contribution in [2.45, 2.75) is 0 Å². The standard InChI is InChI=1S/C13H16N2/c1-2-13(12-6-4-3-5-7-12)15-10-8-14-9-11-15/h3-7,14H,1,8-11H2. The van der Waals surface area contributed by atoms with Gasteiger partial charge in [-0.3, -0.25) is 0 Å². The molecule has 0 radical (unpaired) electrons. The van der Waals surface area contributed by atoms with Crippen molar-refractivity contribution in [2.24, 2.45) is 0 Å². The van der Waals surface area contributed by atoms with Crippen LogP contribution in [0, 0.1) is 0 Å². The van der Waals surface area contributed by atoms with Gasteiger partial charge < -0.3 is 10.2 Å². The average molecular weight is 200 g/mol. The highest BCUT2D eigenvalue weighted by Gasteiger charge is 2.13. The molecule has 78 valence electrons. The fourth-order valence-corrected chi connectivity index (χ4v) is 1.88.